The molecule has 104 valence electrons. The lowest BCUT2D eigenvalue weighted by Crippen LogP contribution is -2.57. The van der Waals surface area contributed by atoms with Crippen LogP contribution < -0.4 is 16.4 Å². The Bertz CT molecular complexity index is 307. The molecule has 0 spiro atoms. The van der Waals surface area contributed by atoms with Crippen LogP contribution in [0.25, 0.3) is 0 Å². The van der Waals surface area contributed by atoms with Crippen molar-refractivity contribution in [3.8, 4) is 0 Å². The van der Waals surface area contributed by atoms with E-state index in [2.05, 4.69) is 17.6 Å². The van der Waals surface area contributed by atoms with E-state index in [1.807, 2.05) is 6.92 Å². The lowest BCUT2D eigenvalue weighted by molar-refractivity contribution is -0.130. The van der Waals surface area contributed by atoms with E-state index in [0.717, 1.165) is 19.3 Å². The zero-order chi connectivity index (χ0) is 13.6. The van der Waals surface area contributed by atoms with Crippen molar-refractivity contribution in [3.05, 3.63) is 0 Å². The predicted molar refractivity (Wildman–Crippen MR) is 70.9 cm³/mol. The lowest BCUT2D eigenvalue weighted by atomic mass is 9.76. The predicted octanol–water partition coefficient (Wildman–Crippen LogP) is 0.536. The maximum absolute atomic E-state index is 12.0. The number of nitrogens with two attached hydrogens (primary N) is 1. The van der Waals surface area contributed by atoms with Crippen molar-refractivity contribution in [1.82, 2.24) is 10.6 Å². The highest BCUT2D eigenvalue weighted by molar-refractivity contribution is 5.90. The topological polar surface area (TPSA) is 84.2 Å². The summed E-state index contributed by atoms with van der Waals surface area (Å²) >= 11 is 0. The molecule has 5 heteroatoms. The van der Waals surface area contributed by atoms with Gasteiger partial charge in [0.15, 0.2) is 0 Å². The fraction of sp³-hybridized carbons (Fsp3) is 0.846. The largest absolute Gasteiger partial charge is 0.355 e. The summed E-state index contributed by atoms with van der Waals surface area (Å²) in [6, 6.07) is 0. The van der Waals surface area contributed by atoms with E-state index in [1.165, 1.54) is 0 Å². The van der Waals surface area contributed by atoms with Crippen LogP contribution in [0.2, 0.25) is 0 Å². The first-order chi connectivity index (χ1) is 8.48. The molecule has 1 saturated carbocycles. The molecular formula is C13H25N3O2. The molecule has 1 fully saturated rings. The number of hydrogen-bond acceptors (Lipinski definition) is 3. The van der Waals surface area contributed by atoms with E-state index in [-0.39, 0.29) is 18.4 Å². The molecule has 5 nitrogen and oxygen atoms in total. The zero-order valence-corrected chi connectivity index (χ0v) is 11.4. The third-order valence-electron chi connectivity index (χ3n) is 3.47. The first-order valence-corrected chi connectivity index (χ1v) is 6.82. The minimum Gasteiger partial charge on any atom is -0.355 e. The number of carbonyl (C=O) groups excluding carboxylic acids is 2. The Hall–Kier alpha value is -1.10. The summed E-state index contributed by atoms with van der Waals surface area (Å²) in [5.41, 5.74) is 5.35. The second kappa shape index (κ2) is 6.73. The summed E-state index contributed by atoms with van der Waals surface area (Å²) in [6.07, 6.45) is 4.41. The first kappa shape index (κ1) is 15.0. The molecule has 0 aromatic carbocycles. The second-order valence-corrected chi connectivity index (χ2v) is 5.39. The van der Waals surface area contributed by atoms with Gasteiger partial charge in [-0.3, -0.25) is 9.59 Å². The molecule has 4 N–H and O–H groups in total. The van der Waals surface area contributed by atoms with Crippen molar-refractivity contribution in [3.63, 3.8) is 0 Å². The molecule has 2 atom stereocenters. The van der Waals surface area contributed by atoms with E-state index < -0.39 is 5.54 Å². The van der Waals surface area contributed by atoms with Crippen molar-refractivity contribution in [2.45, 2.75) is 51.5 Å². The Morgan fingerprint density at radius 2 is 2.11 bits per heavy atom. The van der Waals surface area contributed by atoms with Gasteiger partial charge in [-0.05, 0) is 25.2 Å². The van der Waals surface area contributed by atoms with Crippen LogP contribution >= 0.6 is 0 Å². The fourth-order valence-electron chi connectivity index (χ4n) is 2.46. The Kier molecular flexibility index (Phi) is 5.59. The average Bonchev–Trinajstić information content (AvgIpc) is 2.33. The lowest BCUT2D eigenvalue weighted by Gasteiger charge is -2.35. The molecule has 0 saturated heterocycles. The average molecular weight is 255 g/mol. The molecule has 1 aliphatic carbocycles. The molecule has 0 aliphatic heterocycles. The number of amides is 2. The molecule has 1 aliphatic rings. The fourth-order valence-corrected chi connectivity index (χ4v) is 2.46. The van der Waals surface area contributed by atoms with Gasteiger partial charge in [0, 0.05) is 6.54 Å². The van der Waals surface area contributed by atoms with Gasteiger partial charge in [-0.1, -0.05) is 26.7 Å². The highest BCUT2D eigenvalue weighted by Crippen LogP contribution is 2.30. The third-order valence-corrected chi connectivity index (χ3v) is 3.47. The second-order valence-electron chi connectivity index (χ2n) is 5.39. The normalized spacial score (nSPS) is 27.6. The summed E-state index contributed by atoms with van der Waals surface area (Å²) in [4.78, 5) is 23.4. The van der Waals surface area contributed by atoms with Crippen LogP contribution in [0.4, 0.5) is 0 Å². The van der Waals surface area contributed by atoms with Gasteiger partial charge in [-0.25, -0.2) is 0 Å². The van der Waals surface area contributed by atoms with E-state index in [9.17, 15) is 9.59 Å². The maximum atomic E-state index is 12.0. The minimum atomic E-state index is -0.789. The number of carbonyl (C=O) groups is 2. The molecule has 1 rings (SSSR count). The summed E-state index contributed by atoms with van der Waals surface area (Å²) in [5, 5.41) is 5.36. The molecule has 0 heterocycles. The van der Waals surface area contributed by atoms with Crippen LogP contribution in [0, 0.1) is 5.92 Å². The van der Waals surface area contributed by atoms with Gasteiger partial charge >= 0.3 is 0 Å². The van der Waals surface area contributed by atoms with E-state index in [4.69, 9.17) is 5.73 Å². The third kappa shape index (κ3) is 4.29. The van der Waals surface area contributed by atoms with Crippen molar-refractivity contribution in [2.75, 3.05) is 13.1 Å². The van der Waals surface area contributed by atoms with Gasteiger partial charge < -0.3 is 16.4 Å². The Morgan fingerprint density at radius 1 is 1.39 bits per heavy atom. The van der Waals surface area contributed by atoms with E-state index in [1.54, 1.807) is 0 Å². The summed E-state index contributed by atoms with van der Waals surface area (Å²) in [6.45, 7) is 4.75. The van der Waals surface area contributed by atoms with Gasteiger partial charge in [0.2, 0.25) is 11.8 Å². The van der Waals surface area contributed by atoms with Crippen LogP contribution in [0.3, 0.4) is 0 Å². The Balaban J connectivity index is 2.37. The molecular weight excluding hydrogens is 230 g/mol. The molecule has 0 radical (unpaired) electrons. The molecule has 0 aromatic rings. The van der Waals surface area contributed by atoms with Crippen LogP contribution in [0.15, 0.2) is 0 Å². The molecule has 0 aromatic heterocycles. The summed E-state index contributed by atoms with van der Waals surface area (Å²) in [5.74, 6) is 0.127. The number of rotatable bonds is 5. The van der Waals surface area contributed by atoms with E-state index in [0.29, 0.717) is 25.3 Å². The van der Waals surface area contributed by atoms with Crippen molar-refractivity contribution in [2.24, 2.45) is 11.7 Å². The van der Waals surface area contributed by atoms with Gasteiger partial charge in [0.1, 0.15) is 0 Å². The van der Waals surface area contributed by atoms with Gasteiger partial charge in [-0.2, -0.15) is 0 Å². The highest BCUT2D eigenvalue weighted by Gasteiger charge is 2.37. The smallest absolute Gasteiger partial charge is 0.240 e. The van der Waals surface area contributed by atoms with Crippen molar-refractivity contribution >= 4 is 11.8 Å². The minimum absolute atomic E-state index is 0.0200. The first-order valence-electron chi connectivity index (χ1n) is 6.82. The van der Waals surface area contributed by atoms with Crippen molar-refractivity contribution < 1.29 is 9.59 Å². The van der Waals surface area contributed by atoms with Crippen LogP contribution in [-0.2, 0) is 9.59 Å². The van der Waals surface area contributed by atoms with Crippen LogP contribution in [0.1, 0.15) is 46.0 Å². The quantitative estimate of drug-likeness (QED) is 0.670. The molecule has 2 amide bonds. The standard InChI is InChI=1S/C13H25N3O2/c1-3-7-15-11(17)9-16-12(18)13(14)6-4-5-10(2)8-13/h10H,3-9,14H2,1-2H3,(H,15,17)(H,16,18). The van der Waals surface area contributed by atoms with Crippen LogP contribution in [-0.4, -0.2) is 30.4 Å². The Morgan fingerprint density at radius 3 is 2.72 bits per heavy atom. The number of hydrogen-bond donors (Lipinski definition) is 3. The van der Waals surface area contributed by atoms with Gasteiger partial charge in [-0.15, -0.1) is 0 Å². The molecule has 0 bridgehead atoms. The van der Waals surface area contributed by atoms with E-state index >= 15 is 0 Å². The molecule has 18 heavy (non-hydrogen) atoms. The van der Waals surface area contributed by atoms with Crippen molar-refractivity contribution in [1.29, 1.82) is 0 Å². The summed E-state index contributed by atoms with van der Waals surface area (Å²) in [7, 11) is 0. The monoisotopic (exact) mass is 255 g/mol. The summed E-state index contributed by atoms with van der Waals surface area (Å²) < 4.78 is 0. The Labute approximate surface area is 109 Å². The maximum Gasteiger partial charge on any atom is 0.240 e. The van der Waals surface area contributed by atoms with Gasteiger partial charge in [0.25, 0.3) is 0 Å². The van der Waals surface area contributed by atoms with Gasteiger partial charge in [0.05, 0.1) is 12.1 Å². The number of nitrogens with one attached hydrogen (secondary N) is 2. The zero-order valence-electron chi connectivity index (χ0n) is 11.4. The SMILES string of the molecule is CCCNC(=O)CNC(=O)C1(N)CCCC(C)C1. The van der Waals surface area contributed by atoms with Crippen LogP contribution in [0.5, 0.6) is 0 Å². The highest BCUT2D eigenvalue weighted by atomic mass is 16.2. The molecule has 2 unspecified atom stereocenters.